The summed E-state index contributed by atoms with van der Waals surface area (Å²) >= 11 is 5.89. The predicted molar refractivity (Wildman–Crippen MR) is 97.5 cm³/mol. The van der Waals surface area contributed by atoms with Gasteiger partial charge in [-0.25, -0.2) is 4.79 Å². The third-order valence-corrected chi connectivity index (χ3v) is 4.57. The fraction of sp³-hybridized carbons (Fsp3) is 0.500. The van der Waals surface area contributed by atoms with Gasteiger partial charge in [-0.2, -0.15) is 0 Å². The molecule has 0 saturated carbocycles. The van der Waals surface area contributed by atoms with Crippen molar-refractivity contribution in [2.45, 2.75) is 46.1 Å². The van der Waals surface area contributed by atoms with Crippen LogP contribution in [0.2, 0.25) is 5.02 Å². The number of amides is 4. The number of anilines is 1. The molecule has 7 heteroatoms. The third-order valence-electron chi connectivity index (χ3n) is 4.33. The van der Waals surface area contributed by atoms with Gasteiger partial charge in [0.1, 0.15) is 12.1 Å². The summed E-state index contributed by atoms with van der Waals surface area (Å²) in [6.45, 7) is 7.33. The maximum absolute atomic E-state index is 12.6. The number of rotatable bonds is 6. The Bertz CT molecular complexity index is 705. The molecule has 0 bridgehead atoms. The van der Waals surface area contributed by atoms with Crippen molar-refractivity contribution in [3.8, 4) is 0 Å². The third kappa shape index (κ3) is 4.51. The van der Waals surface area contributed by atoms with Crippen molar-refractivity contribution in [3.63, 3.8) is 0 Å². The fourth-order valence-electron chi connectivity index (χ4n) is 2.74. The Labute approximate surface area is 152 Å². The summed E-state index contributed by atoms with van der Waals surface area (Å²) < 4.78 is 0. The standard InChI is InChI=1S/C18H24ClN3O3/c1-11(2)7-8-18(4)16(24)22(17(25)21-18)10-15(23)20-14-6-5-13(19)9-12(14)3/h5-6,9,11H,7-8,10H2,1-4H3,(H,20,23)(H,21,25)/t18-/m0/s1. The highest BCUT2D eigenvalue weighted by Crippen LogP contribution is 2.25. The van der Waals surface area contributed by atoms with Crippen molar-refractivity contribution in [1.29, 1.82) is 0 Å². The molecule has 1 heterocycles. The highest BCUT2D eigenvalue weighted by Gasteiger charge is 2.47. The second-order valence-corrected chi connectivity index (χ2v) is 7.53. The van der Waals surface area contributed by atoms with Gasteiger partial charge in [0.25, 0.3) is 5.91 Å². The maximum Gasteiger partial charge on any atom is 0.325 e. The van der Waals surface area contributed by atoms with Crippen molar-refractivity contribution >= 4 is 35.1 Å². The molecule has 1 aromatic carbocycles. The van der Waals surface area contributed by atoms with Crippen LogP contribution in [0.5, 0.6) is 0 Å². The first-order valence-electron chi connectivity index (χ1n) is 8.32. The second kappa shape index (κ2) is 7.44. The number of carbonyl (C=O) groups is 3. The van der Waals surface area contributed by atoms with Crippen LogP contribution in [0.25, 0.3) is 0 Å². The summed E-state index contributed by atoms with van der Waals surface area (Å²) in [6, 6.07) is 4.56. The van der Waals surface area contributed by atoms with E-state index < -0.39 is 17.5 Å². The molecule has 0 radical (unpaired) electrons. The molecular formula is C18H24ClN3O3. The van der Waals surface area contributed by atoms with E-state index in [4.69, 9.17) is 11.6 Å². The summed E-state index contributed by atoms with van der Waals surface area (Å²) in [5, 5.41) is 6.00. The van der Waals surface area contributed by atoms with Gasteiger partial charge in [-0.1, -0.05) is 25.4 Å². The zero-order valence-electron chi connectivity index (χ0n) is 15.0. The average Bonchev–Trinajstić information content (AvgIpc) is 2.72. The molecule has 1 saturated heterocycles. The van der Waals surface area contributed by atoms with Crippen LogP contribution < -0.4 is 10.6 Å². The minimum absolute atomic E-state index is 0.315. The van der Waals surface area contributed by atoms with Crippen LogP contribution in [0.4, 0.5) is 10.5 Å². The molecule has 0 unspecified atom stereocenters. The summed E-state index contributed by atoms with van der Waals surface area (Å²) in [7, 11) is 0. The summed E-state index contributed by atoms with van der Waals surface area (Å²) in [5.74, 6) is -0.366. The van der Waals surface area contributed by atoms with Gasteiger partial charge in [0, 0.05) is 10.7 Å². The summed E-state index contributed by atoms with van der Waals surface area (Å²) in [4.78, 5) is 38.0. The topological polar surface area (TPSA) is 78.5 Å². The summed E-state index contributed by atoms with van der Waals surface area (Å²) in [5.41, 5.74) is 0.460. The van der Waals surface area contributed by atoms with Crippen LogP contribution in [-0.2, 0) is 9.59 Å². The van der Waals surface area contributed by atoms with Gasteiger partial charge in [-0.05, 0) is 56.4 Å². The maximum atomic E-state index is 12.6. The van der Waals surface area contributed by atoms with Gasteiger partial charge in [0.15, 0.2) is 0 Å². The molecule has 0 aromatic heterocycles. The molecule has 25 heavy (non-hydrogen) atoms. The lowest BCUT2D eigenvalue weighted by Gasteiger charge is -2.22. The number of nitrogens with one attached hydrogen (secondary N) is 2. The normalized spacial score (nSPS) is 20.2. The minimum Gasteiger partial charge on any atom is -0.324 e. The van der Waals surface area contributed by atoms with Crippen LogP contribution in [0.1, 0.15) is 39.2 Å². The van der Waals surface area contributed by atoms with Gasteiger partial charge in [0.2, 0.25) is 5.91 Å². The number of nitrogens with zero attached hydrogens (tertiary/aromatic N) is 1. The molecule has 1 aliphatic rings. The smallest absolute Gasteiger partial charge is 0.324 e. The van der Waals surface area contributed by atoms with Gasteiger partial charge < -0.3 is 10.6 Å². The lowest BCUT2D eigenvalue weighted by atomic mass is 9.92. The van der Waals surface area contributed by atoms with E-state index in [-0.39, 0.29) is 12.5 Å². The van der Waals surface area contributed by atoms with E-state index in [1.807, 2.05) is 6.92 Å². The van der Waals surface area contributed by atoms with E-state index in [2.05, 4.69) is 24.5 Å². The monoisotopic (exact) mass is 365 g/mol. The van der Waals surface area contributed by atoms with Crippen LogP contribution in [0.3, 0.4) is 0 Å². The first kappa shape index (κ1) is 19.2. The van der Waals surface area contributed by atoms with E-state index in [0.717, 1.165) is 16.9 Å². The fourth-order valence-corrected chi connectivity index (χ4v) is 2.96. The number of imide groups is 1. The first-order valence-corrected chi connectivity index (χ1v) is 8.70. The predicted octanol–water partition coefficient (Wildman–Crippen LogP) is 3.33. The second-order valence-electron chi connectivity index (χ2n) is 7.09. The molecule has 0 spiro atoms. The molecule has 0 aliphatic carbocycles. The van der Waals surface area contributed by atoms with E-state index >= 15 is 0 Å². The average molecular weight is 366 g/mol. The number of urea groups is 1. The molecule has 1 aliphatic heterocycles. The van der Waals surface area contributed by atoms with Crippen LogP contribution in [0.15, 0.2) is 18.2 Å². The number of benzene rings is 1. The van der Waals surface area contributed by atoms with E-state index in [1.54, 1.807) is 25.1 Å². The molecule has 1 fully saturated rings. The zero-order valence-corrected chi connectivity index (χ0v) is 15.7. The van der Waals surface area contributed by atoms with E-state index in [0.29, 0.717) is 23.0 Å². The lowest BCUT2D eigenvalue weighted by molar-refractivity contribution is -0.133. The van der Waals surface area contributed by atoms with Gasteiger partial charge >= 0.3 is 6.03 Å². The molecular weight excluding hydrogens is 342 g/mol. The Kier molecular flexibility index (Phi) is 5.72. The van der Waals surface area contributed by atoms with Crippen molar-refractivity contribution in [1.82, 2.24) is 10.2 Å². The highest BCUT2D eigenvalue weighted by molar-refractivity contribution is 6.30. The number of hydrogen-bond acceptors (Lipinski definition) is 3. The van der Waals surface area contributed by atoms with Crippen molar-refractivity contribution in [2.24, 2.45) is 5.92 Å². The SMILES string of the molecule is Cc1cc(Cl)ccc1NC(=O)CN1C(=O)N[C@@](C)(CCC(C)C)C1=O. The number of halogens is 1. The van der Waals surface area contributed by atoms with Crippen molar-refractivity contribution in [2.75, 3.05) is 11.9 Å². The van der Waals surface area contributed by atoms with Gasteiger partial charge in [-0.15, -0.1) is 0 Å². The van der Waals surface area contributed by atoms with Gasteiger partial charge in [-0.3, -0.25) is 14.5 Å². The quantitative estimate of drug-likeness (QED) is 0.759. The molecule has 2 N–H and O–H groups in total. The van der Waals surface area contributed by atoms with Crippen molar-refractivity contribution < 1.29 is 14.4 Å². The molecule has 2 rings (SSSR count). The first-order chi connectivity index (χ1) is 11.6. The van der Waals surface area contributed by atoms with E-state index in [9.17, 15) is 14.4 Å². The Balaban J connectivity index is 2.03. The minimum atomic E-state index is -0.947. The number of carbonyl (C=O) groups excluding carboxylic acids is 3. The Hall–Kier alpha value is -2.08. The molecule has 136 valence electrons. The number of hydrogen-bond donors (Lipinski definition) is 2. The van der Waals surface area contributed by atoms with Crippen LogP contribution in [0, 0.1) is 12.8 Å². The largest absolute Gasteiger partial charge is 0.325 e. The summed E-state index contributed by atoms with van der Waals surface area (Å²) in [6.07, 6.45) is 1.36. The van der Waals surface area contributed by atoms with Crippen LogP contribution >= 0.6 is 11.6 Å². The zero-order chi connectivity index (χ0) is 18.8. The molecule has 1 atom stereocenters. The van der Waals surface area contributed by atoms with Crippen molar-refractivity contribution in [3.05, 3.63) is 28.8 Å². The lowest BCUT2D eigenvalue weighted by Crippen LogP contribution is -2.44. The number of aryl methyl sites for hydroxylation is 1. The Morgan fingerprint density at radius 1 is 1.36 bits per heavy atom. The molecule has 6 nitrogen and oxygen atoms in total. The Morgan fingerprint density at radius 3 is 2.64 bits per heavy atom. The highest BCUT2D eigenvalue weighted by atomic mass is 35.5. The molecule has 4 amide bonds. The molecule has 1 aromatic rings. The van der Waals surface area contributed by atoms with Crippen LogP contribution in [-0.4, -0.2) is 34.8 Å². The van der Waals surface area contributed by atoms with Gasteiger partial charge in [0.05, 0.1) is 0 Å². The van der Waals surface area contributed by atoms with E-state index in [1.165, 1.54) is 0 Å². The Morgan fingerprint density at radius 2 is 2.04 bits per heavy atom.